The van der Waals surface area contributed by atoms with Crippen molar-refractivity contribution in [3.05, 3.63) is 21.9 Å². The molecule has 2 aromatic heterocycles. The zero-order valence-corrected chi connectivity index (χ0v) is 14.5. The van der Waals surface area contributed by atoms with Gasteiger partial charge in [0.15, 0.2) is 5.13 Å². The Morgan fingerprint density at radius 3 is 2.71 bits per heavy atom. The van der Waals surface area contributed by atoms with Crippen LogP contribution in [0.25, 0.3) is 10.6 Å². The number of carbonyl (C=O) groups is 1. The second kappa shape index (κ2) is 7.86. The van der Waals surface area contributed by atoms with Gasteiger partial charge in [-0.15, -0.1) is 35.1 Å². The lowest BCUT2D eigenvalue weighted by Gasteiger charge is -2.08. The number of ether oxygens (including phenoxy) is 1. The van der Waals surface area contributed by atoms with E-state index in [0.717, 1.165) is 15.4 Å². The van der Waals surface area contributed by atoms with Gasteiger partial charge in [-0.1, -0.05) is 0 Å². The van der Waals surface area contributed by atoms with Gasteiger partial charge in [0.05, 0.1) is 17.2 Å². The topological polar surface area (TPSA) is 77.2 Å². The van der Waals surface area contributed by atoms with Gasteiger partial charge in [-0.25, -0.2) is 4.98 Å². The predicted octanol–water partition coefficient (Wildman–Crippen LogP) is 2.82. The van der Waals surface area contributed by atoms with Gasteiger partial charge in [0.1, 0.15) is 6.04 Å². The lowest BCUT2D eigenvalue weighted by molar-refractivity contribution is -0.118. The Labute approximate surface area is 137 Å². The average molecular weight is 348 g/mol. The van der Waals surface area contributed by atoms with Crippen LogP contribution in [0.4, 0.5) is 5.13 Å². The summed E-state index contributed by atoms with van der Waals surface area (Å²) >= 11 is 3.14. The molecule has 0 aliphatic heterocycles. The minimum Gasteiger partial charge on any atom is -0.383 e. The summed E-state index contributed by atoms with van der Waals surface area (Å²) in [6, 6.07) is 3.42. The van der Waals surface area contributed by atoms with Crippen LogP contribution in [-0.4, -0.2) is 30.6 Å². The molecular formula is C13H18ClN3O2S2. The molecule has 0 radical (unpaired) electrons. The molecule has 1 atom stereocenters. The van der Waals surface area contributed by atoms with Crippen LogP contribution >= 0.6 is 35.1 Å². The van der Waals surface area contributed by atoms with Crippen molar-refractivity contribution in [1.82, 2.24) is 4.98 Å². The van der Waals surface area contributed by atoms with Crippen LogP contribution in [0.5, 0.6) is 0 Å². The molecule has 0 aromatic carbocycles. The molecular weight excluding hydrogens is 330 g/mol. The van der Waals surface area contributed by atoms with Crippen LogP contribution in [0.3, 0.4) is 0 Å². The summed E-state index contributed by atoms with van der Waals surface area (Å²) in [6.45, 7) is 4.24. The third-order valence-electron chi connectivity index (χ3n) is 2.68. The molecule has 0 bridgehead atoms. The highest BCUT2D eigenvalue weighted by Crippen LogP contribution is 2.34. The Hall–Kier alpha value is -0.990. The molecule has 8 heteroatoms. The summed E-state index contributed by atoms with van der Waals surface area (Å²) in [5.41, 5.74) is 6.60. The van der Waals surface area contributed by atoms with E-state index in [0.29, 0.717) is 5.13 Å². The highest BCUT2D eigenvalue weighted by atomic mass is 35.5. The number of carbonyl (C=O) groups excluding carboxylic acids is 1. The Bertz CT molecular complexity index is 612. The third kappa shape index (κ3) is 4.49. The second-order valence-electron chi connectivity index (χ2n) is 4.39. The number of amides is 1. The van der Waals surface area contributed by atoms with Crippen molar-refractivity contribution in [2.75, 3.05) is 19.0 Å². The number of aryl methyl sites for hydroxylation is 2. The Morgan fingerprint density at radius 1 is 1.43 bits per heavy atom. The molecule has 0 aliphatic carbocycles. The van der Waals surface area contributed by atoms with Crippen LogP contribution in [0.1, 0.15) is 9.75 Å². The molecule has 0 saturated carbocycles. The highest BCUT2D eigenvalue weighted by Gasteiger charge is 2.17. The summed E-state index contributed by atoms with van der Waals surface area (Å²) in [4.78, 5) is 19.7. The van der Waals surface area contributed by atoms with Crippen molar-refractivity contribution in [3.8, 4) is 10.6 Å². The van der Waals surface area contributed by atoms with Crippen molar-refractivity contribution in [2.24, 2.45) is 5.73 Å². The summed E-state index contributed by atoms with van der Waals surface area (Å²) < 4.78 is 4.86. The van der Waals surface area contributed by atoms with Crippen LogP contribution in [0, 0.1) is 13.8 Å². The average Bonchev–Trinajstić information content (AvgIpc) is 2.96. The van der Waals surface area contributed by atoms with Crippen molar-refractivity contribution in [2.45, 2.75) is 19.9 Å². The molecule has 0 aliphatic rings. The van der Waals surface area contributed by atoms with Crippen molar-refractivity contribution < 1.29 is 9.53 Å². The molecule has 2 rings (SSSR count). The summed E-state index contributed by atoms with van der Waals surface area (Å²) in [5.74, 6) is -0.283. The predicted molar refractivity (Wildman–Crippen MR) is 90.6 cm³/mol. The van der Waals surface area contributed by atoms with E-state index in [1.54, 1.807) is 11.3 Å². The molecule has 21 heavy (non-hydrogen) atoms. The molecule has 0 fully saturated rings. The normalized spacial score (nSPS) is 11.8. The fourth-order valence-corrected chi connectivity index (χ4v) is 3.50. The lowest BCUT2D eigenvalue weighted by Crippen LogP contribution is -2.39. The van der Waals surface area contributed by atoms with Gasteiger partial charge in [-0.2, -0.15) is 0 Å². The summed E-state index contributed by atoms with van der Waals surface area (Å²) in [6.07, 6.45) is 0. The maximum Gasteiger partial charge on any atom is 0.245 e. The van der Waals surface area contributed by atoms with Crippen LogP contribution < -0.4 is 11.1 Å². The number of thiazole rings is 1. The van der Waals surface area contributed by atoms with Crippen molar-refractivity contribution in [1.29, 1.82) is 0 Å². The minimum absolute atomic E-state index is 0. The largest absolute Gasteiger partial charge is 0.383 e. The number of nitrogens with two attached hydrogens (primary N) is 1. The molecule has 2 heterocycles. The molecule has 3 N–H and O–H groups in total. The van der Waals surface area contributed by atoms with E-state index in [2.05, 4.69) is 23.3 Å². The number of hydrogen-bond donors (Lipinski definition) is 2. The van der Waals surface area contributed by atoms with Gasteiger partial charge in [-0.3, -0.25) is 4.79 Å². The van der Waals surface area contributed by atoms with E-state index in [1.807, 2.05) is 13.0 Å². The number of nitrogens with zero attached hydrogens (tertiary/aromatic N) is 1. The smallest absolute Gasteiger partial charge is 0.245 e. The van der Waals surface area contributed by atoms with Crippen molar-refractivity contribution >= 4 is 46.1 Å². The fourth-order valence-electron chi connectivity index (χ4n) is 1.69. The number of halogens is 1. The van der Waals surface area contributed by atoms with Gasteiger partial charge in [0.2, 0.25) is 5.91 Å². The van der Waals surface area contributed by atoms with Gasteiger partial charge in [0.25, 0.3) is 0 Å². The third-order valence-corrected chi connectivity index (χ3v) is 4.58. The molecule has 0 spiro atoms. The van der Waals surface area contributed by atoms with E-state index < -0.39 is 6.04 Å². The zero-order valence-electron chi connectivity index (χ0n) is 12.0. The van der Waals surface area contributed by atoms with E-state index in [-0.39, 0.29) is 24.9 Å². The van der Waals surface area contributed by atoms with Gasteiger partial charge >= 0.3 is 0 Å². The minimum atomic E-state index is -0.684. The maximum absolute atomic E-state index is 11.8. The molecule has 1 amide bonds. The van der Waals surface area contributed by atoms with E-state index in [9.17, 15) is 4.79 Å². The zero-order chi connectivity index (χ0) is 14.7. The Kier molecular flexibility index (Phi) is 6.76. The molecule has 1 unspecified atom stereocenters. The van der Waals surface area contributed by atoms with Crippen LogP contribution in [0.15, 0.2) is 12.1 Å². The standard InChI is InChI=1S/C13H17N3O2S2.ClH/c1-7-4-5-10(19-7)11-8(2)20-13(15-11)16-12(17)9(14)6-18-3;/h4-5,9H,6,14H2,1-3H3,(H,15,16,17);1H. The second-order valence-corrected chi connectivity index (χ2v) is 6.88. The van der Waals surface area contributed by atoms with E-state index >= 15 is 0 Å². The first-order valence-electron chi connectivity index (χ1n) is 6.11. The number of nitrogens with one attached hydrogen (secondary N) is 1. The first kappa shape index (κ1) is 18.1. The molecule has 2 aromatic rings. The van der Waals surface area contributed by atoms with Gasteiger partial charge in [-0.05, 0) is 26.0 Å². The number of aromatic nitrogens is 1. The summed E-state index contributed by atoms with van der Waals surface area (Å²) in [5, 5.41) is 3.30. The number of thiophene rings is 1. The Balaban J connectivity index is 0.00000220. The maximum atomic E-state index is 11.8. The number of rotatable bonds is 5. The number of hydrogen-bond acceptors (Lipinski definition) is 6. The van der Waals surface area contributed by atoms with Crippen LogP contribution in [0.2, 0.25) is 0 Å². The van der Waals surface area contributed by atoms with Gasteiger partial charge < -0.3 is 15.8 Å². The number of anilines is 1. The monoisotopic (exact) mass is 347 g/mol. The van der Waals surface area contributed by atoms with E-state index in [1.165, 1.54) is 23.3 Å². The number of methoxy groups -OCH3 is 1. The molecule has 116 valence electrons. The first-order valence-corrected chi connectivity index (χ1v) is 7.74. The molecule has 5 nitrogen and oxygen atoms in total. The van der Waals surface area contributed by atoms with Crippen LogP contribution in [-0.2, 0) is 9.53 Å². The highest BCUT2D eigenvalue weighted by molar-refractivity contribution is 7.18. The quantitative estimate of drug-likeness (QED) is 0.871. The van der Waals surface area contributed by atoms with Crippen molar-refractivity contribution in [3.63, 3.8) is 0 Å². The lowest BCUT2D eigenvalue weighted by atomic mass is 10.3. The summed E-state index contributed by atoms with van der Waals surface area (Å²) in [7, 11) is 1.51. The molecule has 0 saturated heterocycles. The first-order chi connectivity index (χ1) is 9.51. The fraction of sp³-hybridized carbons (Fsp3) is 0.385. The SMILES string of the molecule is COCC(N)C(=O)Nc1nc(-c2ccc(C)s2)c(C)s1.Cl. The van der Waals surface area contributed by atoms with Gasteiger partial charge in [0, 0.05) is 16.9 Å². The van der Waals surface area contributed by atoms with E-state index in [4.69, 9.17) is 10.5 Å². The Morgan fingerprint density at radius 2 is 2.14 bits per heavy atom.